The first kappa shape index (κ1) is 20.0. The van der Waals surface area contributed by atoms with Gasteiger partial charge in [-0.3, -0.25) is 4.79 Å². The van der Waals surface area contributed by atoms with Gasteiger partial charge in [-0.25, -0.2) is 12.7 Å². The molecule has 29 heavy (non-hydrogen) atoms. The van der Waals surface area contributed by atoms with Gasteiger partial charge in [0.2, 0.25) is 15.9 Å². The van der Waals surface area contributed by atoms with E-state index in [-0.39, 0.29) is 31.3 Å². The van der Waals surface area contributed by atoms with Crippen molar-refractivity contribution in [1.29, 1.82) is 0 Å². The van der Waals surface area contributed by atoms with E-state index in [1.54, 1.807) is 29.2 Å². The fourth-order valence-electron chi connectivity index (χ4n) is 4.00. The lowest BCUT2D eigenvalue weighted by Gasteiger charge is -2.42. The van der Waals surface area contributed by atoms with Gasteiger partial charge in [0.1, 0.15) is 11.0 Å². The molecule has 156 valence electrons. The molecule has 2 aliphatic heterocycles. The van der Waals surface area contributed by atoms with E-state index >= 15 is 0 Å². The molecular formula is C19H25N5O4S. The van der Waals surface area contributed by atoms with Gasteiger partial charge in [-0.2, -0.15) is 10.2 Å². The molecule has 0 spiro atoms. The molecule has 2 aromatic rings. The zero-order valence-corrected chi connectivity index (χ0v) is 17.4. The first-order valence-electron chi connectivity index (χ1n) is 9.82. The lowest BCUT2D eigenvalue weighted by atomic mass is 9.94. The second-order valence-corrected chi connectivity index (χ2v) is 9.98. The van der Waals surface area contributed by atoms with Gasteiger partial charge in [0.05, 0.1) is 17.8 Å². The van der Waals surface area contributed by atoms with Crippen molar-refractivity contribution in [3.63, 3.8) is 0 Å². The van der Waals surface area contributed by atoms with Crippen LogP contribution in [0.25, 0.3) is 0 Å². The molecule has 1 amide bonds. The molecular weight excluding hydrogens is 394 g/mol. The van der Waals surface area contributed by atoms with E-state index < -0.39 is 15.3 Å². The van der Waals surface area contributed by atoms with Crippen LogP contribution in [0, 0.1) is 13.8 Å². The van der Waals surface area contributed by atoms with Crippen LogP contribution in [0.15, 0.2) is 22.9 Å². The molecule has 0 saturated carbocycles. The van der Waals surface area contributed by atoms with Crippen molar-refractivity contribution in [3.05, 3.63) is 41.0 Å². The van der Waals surface area contributed by atoms with Crippen LogP contribution in [0.2, 0.25) is 0 Å². The summed E-state index contributed by atoms with van der Waals surface area (Å²) in [5.74, 6) is 0.781. The average molecular weight is 420 g/mol. The number of rotatable bonds is 5. The molecule has 2 fully saturated rings. The molecule has 0 atom stereocenters. The molecule has 2 saturated heterocycles. The number of piperidine rings is 1. The number of aryl methyl sites for hydroxylation is 2. The van der Waals surface area contributed by atoms with Gasteiger partial charge in [0.25, 0.3) is 0 Å². The van der Waals surface area contributed by atoms with Crippen molar-refractivity contribution in [3.8, 4) is 0 Å². The van der Waals surface area contributed by atoms with Crippen LogP contribution in [0.1, 0.15) is 41.5 Å². The maximum atomic E-state index is 12.9. The summed E-state index contributed by atoms with van der Waals surface area (Å²) in [6.07, 6.45) is 3.30. The predicted molar refractivity (Wildman–Crippen MR) is 105 cm³/mol. The third-order valence-electron chi connectivity index (χ3n) is 5.96. The molecule has 9 nitrogen and oxygen atoms in total. The maximum Gasteiger partial charge on any atom is 0.227 e. The SMILES string of the molecule is Cc1noc(C)c1CC(=O)N1CC(S(=O)(=O)N2CCC(c3cccnn3)CC2)C1. The Morgan fingerprint density at radius 1 is 1.24 bits per heavy atom. The monoisotopic (exact) mass is 419 g/mol. The number of hydrogen-bond donors (Lipinski definition) is 0. The standard InChI is InChI=1S/C19H25N5O4S/c1-13-17(14(2)28-22-13)10-19(25)23-11-16(12-23)29(26,27)24-8-5-15(6-9-24)18-4-3-7-20-21-18/h3-4,7,15-16H,5-6,8-12H2,1-2H3. The highest BCUT2D eigenvalue weighted by molar-refractivity contribution is 7.89. The zero-order chi connectivity index (χ0) is 20.6. The minimum Gasteiger partial charge on any atom is -0.361 e. The number of amides is 1. The Labute approximate surface area is 170 Å². The van der Waals surface area contributed by atoms with Crippen LogP contribution >= 0.6 is 0 Å². The second-order valence-electron chi connectivity index (χ2n) is 7.77. The van der Waals surface area contributed by atoms with Gasteiger partial charge >= 0.3 is 0 Å². The molecule has 10 heteroatoms. The summed E-state index contributed by atoms with van der Waals surface area (Å²) in [6.45, 7) is 5.02. The predicted octanol–water partition coefficient (Wildman–Crippen LogP) is 1.04. The largest absolute Gasteiger partial charge is 0.361 e. The summed E-state index contributed by atoms with van der Waals surface area (Å²) in [4.78, 5) is 14.1. The van der Waals surface area contributed by atoms with E-state index in [4.69, 9.17) is 4.52 Å². The lowest BCUT2D eigenvalue weighted by Crippen LogP contribution is -2.60. The molecule has 4 rings (SSSR count). The van der Waals surface area contributed by atoms with Gasteiger partial charge < -0.3 is 9.42 Å². The van der Waals surface area contributed by atoms with Crippen molar-refractivity contribution < 1.29 is 17.7 Å². The summed E-state index contributed by atoms with van der Waals surface area (Å²) in [7, 11) is -3.40. The lowest BCUT2D eigenvalue weighted by molar-refractivity contribution is -0.133. The van der Waals surface area contributed by atoms with Gasteiger partial charge in [0.15, 0.2) is 0 Å². The van der Waals surface area contributed by atoms with Crippen LogP contribution in [0.3, 0.4) is 0 Å². The number of aromatic nitrogens is 3. The van der Waals surface area contributed by atoms with Crippen molar-refractivity contribution in [2.75, 3.05) is 26.2 Å². The minimum absolute atomic E-state index is 0.0905. The molecule has 0 aromatic carbocycles. The fraction of sp³-hybridized carbons (Fsp3) is 0.579. The van der Waals surface area contributed by atoms with Crippen LogP contribution in [0.4, 0.5) is 0 Å². The number of carbonyl (C=O) groups excluding carboxylic acids is 1. The highest BCUT2D eigenvalue weighted by Gasteiger charge is 2.43. The van der Waals surface area contributed by atoms with Crippen molar-refractivity contribution in [2.45, 2.75) is 44.3 Å². The number of likely N-dealkylation sites (tertiary alicyclic amines) is 1. The van der Waals surface area contributed by atoms with Crippen molar-refractivity contribution in [1.82, 2.24) is 24.6 Å². The maximum absolute atomic E-state index is 12.9. The second kappa shape index (κ2) is 7.83. The number of nitrogens with zero attached hydrogens (tertiary/aromatic N) is 5. The first-order valence-corrected chi connectivity index (χ1v) is 11.3. The Balaban J connectivity index is 1.30. The molecule has 2 aliphatic rings. The van der Waals surface area contributed by atoms with E-state index in [2.05, 4.69) is 15.4 Å². The molecule has 0 bridgehead atoms. The third-order valence-corrected chi connectivity index (χ3v) is 8.18. The van der Waals surface area contributed by atoms with E-state index in [0.717, 1.165) is 24.1 Å². The Kier molecular flexibility index (Phi) is 5.39. The number of hydrogen-bond acceptors (Lipinski definition) is 7. The third kappa shape index (κ3) is 3.91. The van der Waals surface area contributed by atoms with E-state index in [1.165, 1.54) is 0 Å². The highest BCUT2D eigenvalue weighted by atomic mass is 32.2. The normalized spacial score (nSPS) is 19.3. The van der Waals surface area contributed by atoms with Crippen molar-refractivity contribution in [2.24, 2.45) is 0 Å². The summed E-state index contributed by atoms with van der Waals surface area (Å²) in [5.41, 5.74) is 2.41. The molecule has 0 radical (unpaired) electrons. The van der Waals surface area contributed by atoms with E-state index in [1.807, 2.05) is 12.1 Å². The van der Waals surface area contributed by atoms with Crippen LogP contribution in [-0.4, -0.2) is 70.3 Å². The summed E-state index contributed by atoms with van der Waals surface area (Å²) in [6, 6.07) is 3.80. The Morgan fingerprint density at radius 2 is 1.97 bits per heavy atom. The van der Waals surface area contributed by atoms with E-state index in [9.17, 15) is 13.2 Å². The minimum atomic E-state index is -3.40. The number of carbonyl (C=O) groups is 1. The Morgan fingerprint density at radius 3 is 2.55 bits per heavy atom. The number of sulfonamides is 1. The molecule has 0 unspecified atom stereocenters. The Hall–Kier alpha value is -2.33. The first-order chi connectivity index (χ1) is 13.9. The van der Waals surface area contributed by atoms with E-state index in [0.29, 0.717) is 24.5 Å². The molecule has 2 aromatic heterocycles. The van der Waals surface area contributed by atoms with Gasteiger partial charge in [-0.05, 0) is 38.8 Å². The van der Waals surface area contributed by atoms with Crippen LogP contribution in [-0.2, 0) is 21.2 Å². The van der Waals surface area contributed by atoms with Gasteiger partial charge in [0, 0.05) is 43.9 Å². The Bertz CT molecular complexity index is 958. The summed E-state index contributed by atoms with van der Waals surface area (Å²) in [5, 5.41) is 11.4. The van der Waals surface area contributed by atoms with Crippen LogP contribution in [0.5, 0.6) is 0 Å². The average Bonchev–Trinajstić information content (AvgIpc) is 2.99. The van der Waals surface area contributed by atoms with Gasteiger partial charge in [-0.15, -0.1) is 0 Å². The highest BCUT2D eigenvalue weighted by Crippen LogP contribution is 2.30. The van der Waals surface area contributed by atoms with Crippen molar-refractivity contribution >= 4 is 15.9 Å². The quantitative estimate of drug-likeness (QED) is 0.712. The smallest absolute Gasteiger partial charge is 0.227 e. The summed E-state index contributed by atoms with van der Waals surface area (Å²) >= 11 is 0. The summed E-state index contributed by atoms with van der Waals surface area (Å²) < 4.78 is 32.5. The molecule has 4 heterocycles. The topological polar surface area (TPSA) is 110 Å². The molecule has 0 aliphatic carbocycles. The fourth-order valence-corrected chi connectivity index (χ4v) is 5.87. The van der Waals surface area contributed by atoms with Crippen LogP contribution < -0.4 is 0 Å². The zero-order valence-electron chi connectivity index (χ0n) is 16.6. The molecule has 0 N–H and O–H groups in total. The van der Waals surface area contributed by atoms with Gasteiger partial charge in [-0.1, -0.05) is 5.16 Å².